The Morgan fingerprint density at radius 2 is 2.20 bits per heavy atom. The second-order valence-electron chi connectivity index (χ2n) is 4.83. The second-order valence-corrected chi connectivity index (χ2v) is 8.61. The molecule has 1 aromatic heterocycles. The Morgan fingerprint density at radius 1 is 1.40 bits per heavy atom. The lowest BCUT2D eigenvalue weighted by molar-refractivity contribution is -0.123. The number of carbonyl (C=O) groups is 2. The van der Waals surface area contributed by atoms with E-state index in [4.69, 9.17) is 17.0 Å². The second kappa shape index (κ2) is 7.85. The Hall–Kier alpha value is -1.43. The zero-order valence-electron chi connectivity index (χ0n) is 12.8. The van der Waals surface area contributed by atoms with Gasteiger partial charge in [0.2, 0.25) is 0 Å². The van der Waals surface area contributed by atoms with Crippen LogP contribution in [-0.4, -0.2) is 28.3 Å². The first-order chi connectivity index (χ1) is 12.0. The normalized spacial score (nSPS) is 15.8. The van der Waals surface area contributed by atoms with Gasteiger partial charge in [-0.2, -0.15) is 5.01 Å². The molecule has 1 aromatic carbocycles. The molecule has 2 amide bonds. The van der Waals surface area contributed by atoms with Gasteiger partial charge in [0.05, 0.1) is 20.5 Å². The molecule has 0 atom stereocenters. The summed E-state index contributed by atoms with van der Waals surface area (Å²) in [5.74, 6) is 0.0748. The lowest BCUT2D eigenvalue weighted by atomic mass is 10.2. The number of hydrogen-bond acceptors (Lipinski definition) is 6. The van der Waals surface area contributed by atoms with Crippen molar-refractivity contribution in [3.05, 3.63) is 54.6 Å². The smallest absolute Gasteiger partial charge is 0.285 e. The molecule has 1 saturated heterocycles. The molecule has 128 valence electrons. The number of nitrogens with zero attached hydrogens (tertiary/aromatic N) is 1. The Balaban J connectivity index is 1.78. The van der Waals surface area contributed by atoms with E-state index < -0.39 is 0 Å². The molecule has 0 unspecified atom stereocenters. The molecule has 2 aromatic rings. The minimum atomic E-state index is -0.355. The van der Waals surface area contributed by atoms with Crippen molar-refractivity contribution in [2.45, 2.75) is 0 Å². The maximum Gasteiger partial charge on any atom is 0.285 e. The van der Waals surface area contributed by atoms with E-state index in [1.807, 2.05) is 18.2 Å². The number of amides is 2. The third kappa shape index (κ3) is 4.05. The van der Waals surface area contributed by atoms with E-state index in [9.17, 15) is 9.59 Å². The predicted molar refractivity (Wildman–Crippen MR) is 113 cm³/mol. The number of thiophene rings is 1. The minimum absolute atomic E-state index is 0.296. The van der Waals surface area contributed by atoms with Gasteiger partial charge in [-0.3, -0.25) is 15.0 Å². The van der Waals surface area contributed by atoms with Gasteiger partial charge < -0.3 is 4.74 Å². The van der Waals surface area contributed by atoms with Crippen molar-refractivity contribution >= 4 is 80.1 Å². The van der Waals surface area contributed by atoms with Crippen LogP contribution in [0.25, 0.3) is 6.08 Å². The number of hydrazine groups is 1. The van der Waals surface area contributed by atoms with Gasteiger partial charge in [-0.05, 0) is 70.0 Å². The minimum Gasteiger partial charge on any atom is -0.496 e. The third-order valence-corrected chi connectivity index (χ3v) is 6.24. The summed E-state index contributed by atoms with van der Waals surface area (Å²) < 4.78 is 6.46. The molecule has 1 aliphatic heterocycles. The lowest BCUT2D eigenvalue weighted by Gasteiger charge is -2.14. The van der Waals surface area contributed by atoms with Crippen LogP contribution in [-0.2, 0) is 4.79 Å². The number of halogens is 1. The van der Waals surface area contributed by atoms with Gasteiger partial charge in [0, 0.05) is 0 Å². The molecule has 25 heavy (non-hydrogen) atoms. The van der Waals surface area contributed by atoms with Gasteiger partial charge in [-0.15, -0.1) is 11.3 Å². The van der Waals surface area contributed by atoms with E-state index in [0.717, 1.165) is 31.7 Å². The topological polar surface area (TPSA) is 58.6 Å². The number of benzene rings is 1. The average molecular weight is 502 g/mol. The monoisotopic (exact) mass is 502 g/mol. The van der Waals surface area contributed by atoms with Crippen LogP contribution in [0.4, 0.5) is 0 Å². The summed E-state index contributed by atoms with van der Waals surface area (Å²) in [4.78, 5) is 25.7. The summed E-state index contributed by atoms with van der Waals surface area (Å²) in [6.45, 7) is 0. The fourth-order valence-corrected chi connectivity index (χ4v) is 4.60. The summed E-state index contributed by atoms with van der Waals surface area (Å²) >= 11 is 9.84. The molecule has 3 rings (SSSR count). The molecule has 0 spiro atoms. The number of hydrogen-bond donors (Lipinski definition) is 1. The Bertz CT molecular complexity index is 881. The highest BCUT2D eigenvalue weighted by atomic mass is 127. The molecule has 1 aliphatic rings. The van der Waals surface area contributed by atoms with Gasteiger partial charge >= 0.3 is 0 Å². The zero-order chi connectivity index (χ0) is 18.0. The van der Waals surface area contributed by atoms with Crippen LogP contribution in [0, 0.1) is 3.57 Å². The summed E-state index contributed by atoms with van der Waals surface area (Å²) in [5.41, 5.74) is 3.41. The van der Waals surface area contributed by atoms with Crippen LogP contribution in [0.2, 0.25) is 0 Å². The molecule has 0 bridgehead atoms. The molecule has 1 N–H and O–H groups in total. The SMILES string of the molecule is COc1ccc(/C=C2\SC(=S)N(NC(=O)c3cccs3)C2=O)cc1I. The van der Waals surface area contributed by atoms with Crippen LogP contribution < -0.4 is 10.2 Å². The van der Waals surface area contributed by atoms with Crippen molar-refractivity contribution in [3.8, 4) is 5.75 Å². The number of thioether (sulfide) groups is 1. The fraction of sp³-hybridized carbons (Fsp3) is 0.0625. The van der Waals surface area contributed by atoms with Crippen molar-refractivity contribution in [1.29, 1.82) is 0 Å². The van der Waals surface area contributed by atoms with Crippen molar-refractivity contribution in [2.24, 2.45) is 0 Å². The van der Waals surface area contributed by atoms with E-state index in [0.29, 0.717) is 14.1 Å². The highest BCUT2D eigenvalue weighted by molar-refractivity contribution is 14.1. The maximum absolute atomic E-state index is 12.5. The zero-order valence-corrected chi connectivity index (χ0v) is 17.4. The van der Waals surface area contributed by atoms with Crippen LogP contribution in [0.3, 0.4) is 0 Å². The Labute approximate surface area is 171 Å². The molecule has 0 aliphatic carbocycles. The largest absolute Gasteiger partial charge is 0.496 e. The number of thiocarbonyl (C=S) groups is 1. The Morgan fingerprint density at radius 3 is 2.84 bits per heavy atom. The van der Waals surface area contributed by atoms with Crippen LogP contribution in [0.1, 0.15) is 15.2 Å². The quantitative estimate of drug-likeness (QED) is 0.391. The van der Waals surface area contributed by atoms with E-state index >= 15 is 0 Å². The molecular formula is C16H11IN2O3S3. The molecule has 0 saturated carbocycles. The number of rotatable bonds is 4. The number of carbonyl (C=O) groups excluding carboxylic acids is 2. The fourth-order valence-electron chi connectivity index (χ4n) is 2.05. The molecular weight excluding hydrogens is 491 g/mol. The molecule has 2 heterocycles. The number of nitrogens with one attached hydrogen (secondary N) is 1. The van der Waals surface area contributed by atoms with Crippen LogP contribution >= 0.6 is 57.9 Å². The number of methoxy groups -OCH3 is 1. The van der Waals surface area contributed by atoms with Gasteiger partial charge in [0.25, 0.3) is 11.8 Å². The van der Waals surface area contributed by atoms with Crippen LogP contribution in [0.5, 0.6) is 5.75 Å². The van der Waals surface area contributed by atoms with E-state index in [2.05, 4.69) is 28.0 Å². The molecule has 1 fully saturated rings. The molecule has 9 heteroatoms. The standard InChI is InChI=1S/C16H11IN2O3S3/c1-22-11-5-4-9(7-10(11)17)8-13-15(21)19(16(23)25-13)18-14(20)12-3-2-6-24-12/h2-8H,1H3,(H,18,20)/b13-8-. The summed E-state index contributed by atoms with van der Waals surface area (Å²) in [5, 5.41) is 2.91. The van der Waals surface area contributed by atoms with Crippen molar-refractivity contribution in [1.82, 2.24) is 10.4 Å². The predicted octanol–water partition coefficient (Wildman–Crippen LogP) is 3.91. The highest BCUT2D eigenvalue weighted by Crippen LogP contribution is 2.32. The van der Waals surface area contributed by atoms with Crippen molar-refractivity contribution < 1.29 is 14.3 Å². The van der Waals surface area contributed by atoms with Gasteiger partial charge in [0.1, 0.15) is 5.75 Å². The van der Waals surface area contributed by atoms with Crippen molar-refractivity contribution in [2.75, 3.05) is 7.11 Å². The first-order valence-electron chi connectivity index (χ1n) is 6.95. The first-order valence-corrected chi connectivity index (χ1v) is 10.1. The first kappa shape index (κ1) is 18.4. The summed E-state index contributed by atoms with van der Waals surface area (Å²) in [7, 11) is 1.61. The number of ether oxygens (including phenoxy) is 1. The average Bonchev–Trinajstić information content (AvgIpc) is 3.20. The molecule has 5 nitrogen and oxygen atoms in total. The van der Waals surface area contributed by atoms with Crippen LogP contribution in [0.15, 0.2) is 40.6 Å². The maximum atomic E-state index is 12.5. The summed E-state index contributed by atoms with van der Waals surface area (Å²) in [6, 6.07) is 9.07. The van der Waals surface area contributed by atoms with E-state index in [-0.39, 0.29) is 11.8 Å². The van der Waals surface area contributed by atoms with Gasteiger partial charge in [0.15, 0.2) is 4.32 Å². The van der Waals surface area contributed by atoms with E-state index in [1.165, 1.54) is 11.3 Å². The van der Waals surface area contributed by atoms with Crippen molar-refractivity contribution in [3.63, 3.8) is 0 Å². The van der Waals surface area contributed by atoms with Gasteiger partial charge in [-0.25, -0.2) is 0 Å². The Kier molecular flexibility index (Phi) is 5.77. The van der Waals surface area contributed by atoms with Gasteiger partial charge in [-0.1, -0.05) is 23.9 Å². The highest BCUT2D eigenvalue weighted by Gasteiger charge is 2.33. The molecule has 0 radical (unpaired) electrons. The third-order valence-electron chi connectivity index (χ3n) is 3.23. The van der Waals surface area contributed by atoms with E-state index in [1.54, 1.807) is 30.7 Å². The lowest BCUT2D eigenvalue weighted by Crippen LogP contribution is -2.44. The summed E-state index contributed by atoms with van der Waals surface area (Å²) in [6.07, 6.45) is 1.75.